The van der Waals surface area contributed by atoms with E-state index >= 15 is 0 Å². The topological polar surface area (TPSA) is 71.9 Å². The minimum absolute atomic E-state index is 0.0551. The summed E-state index contributed by atoms with van der Waals surface area (Å²) in [5, 5.41) is 8.61. The van der Waals surface area contributed by atoms with E-state index in [4.69, 9.17) is 11.0 Å². The number of alkyl halides is 3. The number of nitrogens with two attached hydrogens (primary N) is 1. The van der Waals surface area contributed by atoms with Crippen molar-refractivity contribution in [2.75, 3.05) is 0 Å². The Morgan fingerprint density at radius 1 is 1.53 bits per heavy atom. The fraction of sp³-hybridized carbons (Fsp3) is 0.400. The molecular weight excluding hydrogens is 235 g/mol. The zero-order valence-electron chi connectivity index (χ0n) is 9.01. The van der Waals surface area contributed by atoms with Gasteiger partial charge in [0.15, 0.2) is 5.75 Å². The van der Waals surface area contributed by atoms with Gasteiger partial charge in [0.1, 0.15) is 0 Å². The molecule has 17 heavy (non-hydrogen) atoms. The van der Waals surface area contributed by atoms with E-state index in [2.05, 4.69) is 9.72 Å². The van der Waals surface area contributed by atoms with Gasteiger partial charge in [0.25, 0.3) is 0 Å². The first-order valence-electron chi connectivity index (χ1n) is 4.69. The van der Waals surface area contributed by atoms with Crippen molar-refractivity contribution in [2.24, 2.45) is 5.73 Å². The molecule has 4 nitrogen and oxygen atoms in total. The van der Waals surface area contributed by atoms with Crippen molar-refractivity contribution >= 4 is 0 Å². The molecule has 0 aliphatic carbocycles. The molecule has 0 saturated carbocycles. The third-order valence-corrected chi connectivity index (χ3v) is 2.18. The molecule has 1 heterocycles. The summed E-state index contributed by atoms with van der Waals surface area (Å²) in [4.78, 5) is 3.76. The number of nitriles is 1. The largest absolute Gasteiger partial charge is 0.573 e. The van der Waals surface area contributed by atoms with Crippen LogP contribution in [-0.4, -0.2) is 11.3 Å². The Kier molecular flexibility index (Phi) is 3.91. The van der Waals surface area contributed by atoms with Crippen molar-refractivity contribution in [3.8, 4) is 11.8 Å². The summed E-state index contributed by atoms with van der Waals surface area (Å²) < 4.78 is 40.1. The van der Waals surface area contributed by atoms with Crippen LogP contribution in [-0.2, 0) is 13.0 Å². The van der Waals surface area contributed by atoms with Gasteiger partial charge in [-0.25, -0.2) is 0 Å². The van der Waals surface area contributed by atoms with E-state index in [1.807, 2.05) is 6.07 Å². The van der Waals surface area contributed by atoms with Gasteiger partial charge in [0.2, 0.25) is 0 Å². The Balaban J connectivity index is 3.19. The first-order valence-corrected chi connectivity index (χ1v) is 4.69. The smallest absolute Gasteiger partial charge is 0.404 e. The van der Waals surface area contributed by atoms with Gasteiger partial charge in [-0.1, -0.05) is 0 Å². The Bertz CT molecular complexity index is 451. The summed E-state index contributed by atoms with van der Waals surface area (Å²) in [6.07, 6.45) is -3.87. The summed E-state index contributed by atoms with van der Waals surface area (Å²) in [5.41, 5.74) is 6.41. The highest BCUT2D eigenvalue weighted by Gasteiger charge is 2.32. The van der Waals surface area contributed by atoms with Crippen molar-refractivity contribution in [1.29, 1.82) is 5.26 Å². The molecule has 1 aromatic rings. The lowest BCUT2D eigenvalue weighted by molar-refractivity contribution is -0.275. The zero-order chi connectivity index (χ0) is 13.1. The van der Waals surface area contributed by atoms with E-state index in [1.54, 1.807) is 0 Å². The maximum Gasteiger partial charge on any atom is 0.573 e. The van der Waals surface area contributed by atoms with E-state index in [0.717, 1.165) is 6.20 Å². The van der Waals surface area contributed by atoms with Crippen LogP contribution in [0.5, 0.6) is 5.75 Å². The average molecular weight is 245 g/mol. The molecule has 0 fully saturated rings. The molecular formula is C10H10F3N3O. The first-order chi connectivity index (χ1) is 7.89. The zero-order valence-corrected chi connectivity index (χ0v) is 9.01. The number of hydrogen-bond acceptors (Lipinski definition) is 4. The number of hydrogen-bond donors (Lipinski definition) is 1. The highest BCUT2D eigenvalue weighted by molar-refractivity contribution is 5.41. The van der Waals surface area contributed by atoms with Crippen LogP contribution < -0.4 is 10.5 Å². The lowest BCUT2D eigenvalue weighted by Gasteiger charge is -2.14. The standard InChI is InChI=1S/C10H10F3N3O/c1-6-7(2-3-14)8(4-15)16-5-9(6)17-10(11,12)13/h5H,2,4,15H2,1H3. The molecule has 0 spiro atoms. The van der Waals surface area contributed by atoms with Crippen LogP contribution >= 0.6 is 0 Å². The number of halogens is 3. The van der Waals surface area contributed by atoms with Crippen molar-refractivity contribution in [2.45, 2.75) is 26.3 Å². The van der Waals surface area contributed by atoms with E-state index in [9.17, 15) is 13.2 Å². The van der Waals surface area contributed by atoms with Crippen LogP contribution in [0.4, 0.5) is 13.2 Å². The molecule has 0 aliphatic heterocycles. The maximum atomic E-state index is 12.1. The van der Waals surface area contributed by atoms with Crippen LogP contribution in [0.15, 0.2) is 6.20 Å². The van der Waals surface area contributed by atoms with Crippen LogP contribution in [0.3, 0.4) is 0 Å². The Labute approximate surface area is 95.8 Å². The van der Waals surface area contributed by atoms with Gasteiger partial charge in [-0.2, -0.15) is 5.26 Å². The minimum Gasteiger partial charge on any atom is -0.404 e. The van der Waals surface area contributed by atoms with Crippen molar-refractivity contribution < 1.29 is 17.9 Å². The number of aromatic nitrogens is 1. The molecule has 0 unspecified atom stereocenters. The Morgan fingerprint density at radius 3 is 2.65 bits per heavy atom. The molecule has 0 atom stereocenters. The fourth-order valence-corrected chi connectivity index (χ4v) is 1.39. The number of ether oxygens (including phenoxy) is 1. The number of pyridine rings is 1. The predicted octanol–water partition coefficient (Wildman–Crippen LogP) is 1.81. The lowest BCUT2D eigenvalue weighted by Crippen LogP contribution is -2.19. The van der Waals surface area contributed by atoms with Gasteiger partial charge in [-0.3, -0.25) is 4.98 Å². The van der Waals surface area contributed by atoms with E-state index in [0.29, 0.717) is 11.3 Å². The van der Waals surface area contributed by atoms with Gasteiger partial charge < -0.3 is 10.5 Å². The molecule has 92 valence electrons. The minimum atomic E-state index is -4.78. The summed E-state index contributed by atoms with van der Waals surface area (Å²) in [6.45, 7) is 1.50. The molecule has 0 aromatic carbocycles. The quantitative estimate of drug-likeness (QED) is 0.881. The Morgan fingerprint density at radius 2 is 2.18 bits per heavy atom. The van der Waals surface area contributed by atoms with Gasteiger partial charge >= 0.3 is 6.36 Å². The van der Waals surface area contributed by atoms with Crippen LogP contribution in [0.1, 0.15) is 16.8 Å². The monoisotopic (exact) mass is 245 g/mol. The molecule has 2 N–H and O–H groups in total. The Hall–Kier alpha value is -1.81. The van der Waals surface area contributed by atoms with Crippen LogP contribution in [0.25, 0.3) is 0 Å². The lowest BCUT2D eigenvalue weighted by atomic mass is 10.0. The second kappa shape index (κ2) is 5.01. The van der Waals surface area contributed by atoms with E-state index in [-0.39, 0.29) is 18.5 Å². The van der Waals surface area contributed by atoms with E-state index < -0.39 is 12.1 Å². The first kappa shape index (κ1) is 13.3. The third kappa shape index (κ3) is 3.32. The number of rotatable bonds is 3. The average Bonchev–Trinajstić information content (AvgIpc) is 2.23. The number of nitrogens with zero attached hydrogens (tertiary/aromatic N) is 2. The molecule has 7 heteroatoms. The summed E-state index contributed by atoms with van der Waals surface area (Å²) in [5.74, 6) is -0.403. The van der Waals surface area contributed by atoms with Crippen molar-refractivity contribution in [1.82, 2.24) is 4.98 Å². The van der Waals surface area contributed by atoms with Gasteiger partial charge in [0, 0.05) is 6.54 Å². The molecule has 0 saturated heterocycles. The fourth-order valence-electron chi connectivity index (χ4n) is 1.39. The summed E-state index contributed by atoms with van der Waals surface area (Å²) >= 11 is 0. The van der Waals surface area contributed by atoms with Gasteiger partial charge in [-0.05, 0) is 18.1 Å². The normalized spacial score (nSPS) is 11.1. The molecule has 0 radical (unpaired) electrons. The predicted molar refractivity (Wildman–Crippen MR) is 52.9 cm³/mol. The molecule has 0 aliphatic rings. The third-order valence-electron chi connectivity index (χ3n) is 2.18. The van der Waals surface area contributed by atoms with Gasteiger partial charge in [0.05, 0.1) is 24.4 Å². The highest BCUT2D eigenvalue weighted by Crippen LogP contribution is 2.28. The van der Waals surface area contributed by atoms with Crippen LogP contribution in [0, 0.1) is 18.3 Å². The second-order valence-electron chi connectivity index (χ2n) is 3.26. The molecule has 1 aromatic heterocycles. The SMILES string of the molecule is Cc1c(OC(F)(F)F)cnc(CN)c1CC#N. The molecule has 1 rings (SSSR count). The van der Waals surface area contributed by atoms with Crippen molar-refractivity contribution in [3.05, 3.63) is 23.0 Å². The van der Waals surface area contributed by atoms with Gasteiger partial charge in [-0.15, -0.1) is 13.2 Å². The van der Waals surface area contributed by atoms with E-state index in [1.165, 1.54) is 6.92 Å². The summed E-state index contributed by atoms with van der Waals surface area (Å²) in [6, 6.07) is 1.86. The molecule has 0 bridgehead atoms. The second-order valence-corrected chi connectivity index (χ2v) is 3.26. The molecule has 0 amide bonds. The maximum absolute atomic E-state index is 12.1. The summed E-state index contributed by atoms with van der Waals surface area (Å²) in [7, 11) is 0. The highest BCUT2D eigenvalue weighted by atomic mass is 19.4. The van der Waals surface area contributed by atoms with Crippen molar-refractivity contribution in [3.63, 3.8) is 0 Å². The van der Waals surface area contributed by atoms with Crippen LogP contribution in [0.2, 0.25) is 0 Å².